The summed E-state index contributed by atoms with van der Waals surface area (Å²) in [5, 5.41) is 13.7. The normalized spacial score (nSPS) is 24.8. The zero-order chi connectivity index (χ0) is 12.0. The van der Waals surface area contributed by atoms with Crippen LogP contribution < -0.4 is 10.6 Å². The number of carboxylic acid groups (broad SMARTS) is 1. The molecule has 1 rings (SSSR count). The lowest BCUT2D eigenvalue weighted by Crippen LogP contribution is -2.54. The average Bonchev–Trinajstić information content (AvgIpc) is 2.17. The second-order valence-corrected chi connectivity index (χ2v) is 4.24. The van der Waals surface area contributed by atoms with Crippen molar-refractivity contribution in [3.8, 4) is 0 Å². The van der Waals surface area contributed by atoms with Crippen molar-refractivity contribution in [2.75, 3.05) is 19.8 Å². The molecule has 0 bridgehead atoms. The first kappa shape index (κ1) is 12.8. The lowest BCUT2D eigenvalue weighted by molar-refractivity contribution is -0.136. The molecule has 1 heterocycles. The van der Waals surface area contributed by atoms with E-state index in [9.17, 15) is 9.59 Å². The van der Waals surface area contributed by atoms with Gasteiger partial charge in [-0.3, -0.25) is 4.79 Å². The molecule has 0 spiro atoms. The molecular weight excluding hydrogens is 212 g/mol. The topological polar surface area (TPSA) is 87.7 Å². The van der Waals surface area contributed by atoms with Crippen molar-refractivity contribution in [1.29, 1.82) is 0 Å². The number of nitrogens with one attached hydrogen (secondary N) is 2. The van der Waals surface area contributed by atoms with E-state index in [1.807, 2.05) is 6.92 Å². The molecule has 1 saturated heterocycles. The quantitative estimate of drug-likeness (QED) is 0.649. The Morgan fingerprint density at radius 1 is 1.50 bits per heavy atom. The maximum Gasteiger partial charge on any atom is 0.315 e. The lowest BCUT2D eigenvalue weighted by atomic mass is 9.95. The highest BCUT2D eigenvalue weighted by Crippen LogP contribution is 2.17. The molecule has 1 atom stereocenters. The van der Waals surface area contributed by atoms with Crippen LogP contribution in [0.3, 0.4) is 0 Å². The zero-order valence-corrected chi connectivity index (χ0v) is 9.41. The number of rotatable bonds is 4. The summed E-state index contributed by atoms with van der Waals surface area (Å²) in [6.07, 6.45) is 1.73. The monoisotopic (exact) mass is 230 g/mol. The van der Waals surface area contributed by atoms with Gasteiger partial charge in [-0.2, -0.15) is 0 Å². The fraction of sp³-hybridized carbons (Fsp3) is 0.800. The van der Waals surface area contributed by atoms with Crippen molar-refractivity contribution >= 4 is 12.0 Å². The fourth-order valence-electron chi connectivity index (χ4n) is 1.63. The van der Waals surface area contributed by atoms with Crippen LogP contribution in [0.4, 0.5) is 4.79 Å². The Morgan fingerprint density at radius 2 is 2.25 bits per heavy atom. The van der Waals surface area contributed by atoms with E-state index in [2.05, 4.69) is 10.6 Å². The summed E-state index contributed by atoms with van der Waals surface area (Å²) in [6.45, 7) is 3.29. The van der Waals surface area contributed by atoms with Gasteiger partial charge >= 0.3 is 12.0 Å². The van der Waals surface area contributed by atoms with Crippen LogP contribution in [0.5, 0.6) is 0 Å². The average molecular weight is 230 g/mol. The molecule has 16 heavy (non-hydrogen) atoms. The van der Waals surface area contributed by atoms with Gasteiger partial charge in [0.05, 0.1) is 18.6 Å². The van der Waals surface area contributed by atoms with Crippen LogP contribution in [0.2, 0.25) is 0 Å². The van der Waals surface area contributed by atoms with Crippen LogP contribution in [0.15, 0.2) is 0 Å². The molecule has 1 fully saturated rings. The standard InChI is InChI=1S/C10H18N2O4/c1-10(4-2-6-16-7-10)12-9(15)11-5-3-8(13)14/h2-7H2,1H3,(H,13,14)(H2,11,12,15). The van der Waals surface area contributed by atoms with E-state index in [0.717, 1.165) is 19.4 Å². The molecule has 1 aliphatic heterocycles. The van der Waals surface area contributed by atoms with Crippen molar-refractivity contribution in [2.45, 2.75) is 31.7 Å². The molecule has 0 aromatic heterocycles. The summed E-state index contributed by atoms with van der Waals surface area (Å²) >= 11 is 0. The molecule has 92 valence electrons. The summed E-state index contributed by atoms with van der Waals surface area (Å²) < 4.78 is 5.29. The molecule has 1 unspecified atom stereocenters. The molecule has 3 N–H and O–H groups in total. The Morgan fingerprint density at radius 3 is 2.81 bits per heavy atom. The predicted octanol–water partition coefficient (Wildman–Crippen LogP) is 0.329. The second-order valence-electron chi connectivity index (χ2n) is 4.24. The minimum absolute atomic E-state index is 0.0688. The fourth-order valence-corrected chi connectivity index (χ4v) is 1.63. The van der Waals surface area contributed by atoms with E-state index in [-0.39, 0.29) is 24.5 Å². The van der Waals surface area contributed by atoms with Crippen LogP contribution in [-0.2, 0) is 9.53 Å². The van der Waals surface area contributed by atoms with E-state index >= 15 is 0 Å². The molecule has 0 radical (unpaired) electrons. The summed E-state index contributed by atoms with van der Waals surface area (Å²) in [5.41, 5.74) is -0.342. The van der Waals surface area contributed by atoms with Crippen LogP contribution >= 0.6 is 0 Å². The number of hydrogen-bond donors (Lipinski definition) is 3. The van der Waals surface area contributed by atoms with Gasteiger partial charge in [-0.15, -0.1) is 0 Å². The van der Waals surface area contributed by atoms with Gasteiger partial charge in [0.2, 0.25) is 0 Å². The second kappa shape index (κ2) is 5.69. The van der Waals surface area contributed by atoms with Crippen molar-refractivity contribution in [3.05, 3.63) is 0 Å². The zero-order valence-electron chi connectivity index (χ0n) is 9.41. The first-order valence-corrected chi connectivity index (χ1v) is 5.37. The summed E-state index contributed by atoms with van der Waals surface area (Å²) in [5.74, 6) is -0.924. The van der Waals surface area contributed by atoms with Crippen LogP contribution in [0.25, 0.3) is 0 Å². The highest BCUT2D eigenvalue weighted by atomic mass is 16.5. The van der Waals surface area contributed by atoms with Gasteiger partial charge in [0.25, 0.3) is 0 Å². The summed E-state index contributed by atoms with van der Waals surface area (Å²) in [4.78, 5) is 21.7. The number of hydrogen-bond acceptors (Lipinski definition) is 3. The third kappa shape index (κ3) is 4.48. The van der Waals surface area contributed by atoms with Crippen LogP contribution in [-0.4, -0.2) is 42.4 Å². The Kier molecular flexibility index (Phi) is 4.54. The number of amides is 2. The van der Waals surface area contributed by atoms with Gasteiger partial charge < -0.3 is 20.5 Å². The molecule has 0 aliphatic carbocycles. The lowest BCUT2D eigenvalue weighted by Gasteiger charge is -2.34. The van der Waals surface area contributed by atoms with Gasteiger partial charge in [-0.25, -0.2) is 4.79 Å². The summed E-state index contributed by atoms with van der Waals surface area (Å²) in [7, 11) is 0. The molecule has 1 aliphatic rings. The Hall–Kier alpha value is -1.30. The number of ether oxygens (including phenoxy) is 1. The minimum Gasteiger partial charge on any atom is -0.481 e. The number of carbonyl (C=O) groups excluding carboxylic acids is 1. The Bertz CT molecular complexity index is 262. The van der Waals surface area contributed by atoms with Crippen molar-refractivity contribution in [2.24, 2.45) is 0 Å². The van der Waals surface area contributed by atoms with Gasteiger partial charge in [-0.05, 0) is 19.8 Å². The molecule has 0 aromatic rings. The Balaban J connectivity index is 2.24. The highest BCUT2D eigenvalue weighted by molar-refractivity contribution is 5.75. The molecule has 6 heteroatoms. The SMILES string of the molecule is CC1(NC(=O)NCCC(=O)O)CCCOC1. The minimum atomic E-state index is -0.924. The molecule has 6 nitrogen and oxygen atoms in total. The van der Waals surface area contributed by atoms with E-state index in [1.54, 1.807) is 0 Å². The predicted molar refractivity (Wildman–Crippen MR) is 57.2 cm³/mol. The van der Waals surface area contributed by atoms with Crippen LogP contribution in [0.1, 0.15) is 26.2 Å². The number of carbonyl (C=O) groups is 2. The van der Waals surface area contributed by atoms with Gasteiger partial charge in [0.1, 0.15) is 0 Å². The van der Waals surface area contributed by atoms with Crippen molar-refractivity contribution in [1.82, 2.24) is 10.6 Å². The van der Waals surface area contributed by atoms with Gasteiger partial charge in [-0.1, -0.05) is 0 Å². The molecule has 0 aromatic carbocycles. The number of carboxylic acids is 1. The van der Waals surface area contributed by atoms with Crippen molar-refractivity contribution < 1.29 is 19.4 Å². The van der Waals surface area contributed by atoms with Crippen molar-refractivity contribution in [3.63, 3.8) is 0 Å². The van der Waals surface area contributed by atoms with Gasteiger partial charge in [0.15, 0.2) is 0 Å². The van der Waals surface area contributed by atoms with Crippen LogP contribution in [0, 0.1) is 0 Å². The largest absolute Gasteiger partial charge is 0.481 e. The summed E-state index contributed by atoms with van der Waals surface area (Å²) in [6, 6.07) is -0.339. The highest BCUT2D eigenvalue weighted by Gasteiger charge is 2.29. The molecule has 0 saturated carbocycles. The maximum absolute atomic E-state index is 11.4. The van der Waals surface area contributed by atoms with E-state index in [4.69, 9.17) is 9.84 Å². The third-order valence-corrected chi connectivity index (χ3v) is 2.48. The molecular formula is C10H18N2O4. The van der Waals surface area contributed by atoms with E-state index < -0.39 is 5.97 Å². The maximum atomic E-state index is 11.4. The first-order valence-electron chi connectivity index (χ1n) is 5.37. The van der Waals surface area contributed by atoms with Gasteiger partial charge in [0, 0.05) is 13.2 Å². The smallest absolute Gasteiger partial charge is 0.315 e. The Labute approximate surface area is 94.3 Å². The van der Waals surface area contributed by atoms with E-state index in [0.29, 0.717) is 6.61 Å². The number of urea groups is 1. The number of aliphatic carboxylic acids is 1. The first-order chi connectivity index (χ1) is 7.52. The third-order valence-electron chi connectivity index (χ3n) is 2.48. The molecule has 2 amide bonds. The van der Waals surface area contributed by atoms with E-state index in [1.165, 1.54) is 0 Å².